The van der Waals surface area contributed by atoms with Crippen LogP contribution in [0.25, 0.3) is 0 Å². The molecule has 1 saturated heterocycles. The molecule has 27 heavy (non-hydrogen) atoms. The second kappa shape index (κ2) is 6.72. The van der Waals surface area contributed by atoms with Crippen molar-refractivity contribution in [3.8, 4) is 0 Å². The topological polar surface area (TPSA) is 37.3 Å². The number of aliphatic hydroxyl groups is 1. The van der Waals surface area contributed by atoms with Crippen LogP contribution in [0, 0.1) is 29.1 Å². The number of thioether (sulfide) groups is 2. The minimum Gasteiger partial charge on any atom is -0.389 e. The van der Waals surface area contributed by atoms with E-state index in [2.05, 4.69) is 49.2 Å². The van der Waals surface area contributed by atoms with Crippen LogP contribution in [0.4, 0.5) is 0 Å². The number of rotatable bonds is 2. The van der Waals surface area contributed by atoms with E-state index in [0.29, 0.717) is 45.7 Å². The zero-order valence-corrected chi connectivity index (χ0v) is 18.8. The maximum absolute atomic E-state index is 12.9. The number of carbonyl (C=O) groups is 1. The number of carbonyl (C=O) groups excluding carboxylic acids is 1. The van der Waals surface area contributed by atoms with Gasteiger partial charge in [-0.1, -0.05) is 18.6 Å². The van der Waals surface area contributed by atoms with Crippen molar-refractivity contribution in [3.05, 3.63) is 11.6 Å². The van der Waals surface area contributed by atoms with Crippen LogP contribution in [0.15, 0.2) is 11.6 Å². The highest BCUT2D eigenvalue weighted by Crippen LogP contribution is 2.66. The van der Waals surface area contributed by atoms with Crippen LogP contribution >= 0.6 is 36.2 Å². The second-order valence-electron chi connectivity index (χ2n) is 9.62. The summed E-state index contributed by atoms with van der Waals surface area (Å²) in [5, 5.41) is 11.9. The molecule has 150 valence electrons. The lowest BCUT2D eigenvalue weighted by Crippen LogP contribution is -2.61. The lowest BCUT2D eigenvalue weighted by molar-refractivity contribution is -0.166. The van der Waals surface area contributed by atoms with Crippen molar-refractivity contribution < 1.29 is 9.90 Å². The summed E-state index contributed by atoms with van der Waals surface area (Å²) in [5.74, 6) is 5.28. The van der Waals surface area contributed by atoms with E-state index >= 15 is 0 Å². The van der Waals surface area contributed by atoms with E-state index in [9.17, 15) is 9.90 Å². The molecule has 2 nitrogen and oxygen atoms in total. The Bertz CT molecular complexity index is 670. The summed E-state index contributed by atoms with van der Waals surface area (Å²) < 4.78 is 0.322. The Hall–Kier alpha value is 0.420. The van der Waals surface area contributed by atoms with Crippen molar-refractivity contribution in [2.45, 2.75) is 68.0 Å². The Kier molecular flexibility index (Phi) is 4.82. The minimum atomic E-state index is -0.787. The Balaban J connectivity index is 1.53. The zero-order valence-electron chi connectivity index (χ0n) is 16.3. The van der Waals surface area contributed by atoms with Gasteiger partial charge in [0.25, 0.3) is 0 Å². The fourth-order valence-corrected chi connectivity index (χ4v) is 11.2. The van der Waals surface area contributed by atoms with Gasteiger partial charge in [-0.25, -0.2) is 0 Å². The van der Waals surface area contributed by atoms with Crippen LogP contribution in [0.3, 0.4) is 0 Å². The van der Waals surface area contributed by atoms with Crippen molar-refractivity contribution in [2.24, 2.45) is 29.1 Å². The maximum atomic E-state index is 12.9. The number of hydrogen-bond donors (Lipinski definition) is 2. The van der Waals surface area contributed by atoms with Crippen LogP contribution < -0.4 is 0 Å². The maximum Gasteiger partial charge on any atom is 0.139 e. The SMILES string of the molecule is CC[C@]12CC(O)(CS)C3C4CCC5(C=C4CCC3C1CCC2=O)SCCS5. The standard InChI is InChI=1S/C22H32O2S3/c1-2-20-12-21(24,13-25)19-15-7-8-22(26-9-10-27-22)11-14(15)3-4-16(19)17(20)5-6-18(20)23/h11,15-17,19,24-25H,2-10,12-13H2,1H3/t15?,16?,17?,19?,20-,21?/m0/s1. The van der Waals surface area contributed by atoms with E-state index in [1.165, 1.54) is 30.8 Å². The number of Topliss-reactive ketones (excluding diaryl/α,β-unsaturated/α-hetero) is 1. The average Bonchev–Trinajstić information content (AvgIpc) is 3.26. The monoisotopic (exact) mass is 424 g/mol. The van der Waals surface area contributed by atoms with Gasteiger partial charge in [-0.15, -0.1) is 23.5 Å². The molecule has 0 aromatic rings. The molecule has 6 atom stereocenters. The normalized spacial score (nSPS) is 48.1. The molecule has 5 heteroatoms. The minimum absolute atomic E-state index is 0.271. The lowest BCUT2D eigenvalue weighted by atomic mass is 9.47. The molecule has 4 fully saturated rings. The van der Waals surface area contributed by atoms with Crippen LogP contribution in [0.5, 0.6) is 0 Å². The van der Waals surface area contributed by atoms with E-state index < -0.39 is 5.60 Å². The van der Waals surface area contributed by atoms with Gasteiger partial charge < -0.3 is 5.11 Å². The molecule has 1 N–H and O–H groups in total. The molecule has 0 radical (unpaired) electrons. The third kappa shape index (κ3) is 2.70. The van der Waals surface area contributed by atoms with Crippen LogP contribution in [0.2, 0.25) is 0 Å². The number of allylic oxidation sites excluding steroid dienone is 1. The molecule has 1 aliphatic heterocycles. The molecule has 0 aromatic carbocycles. The van der Waals surface area contributed by atoms with Gasteiger partial charge in [-0.3, -0.25) is 4.79 Å². The molecule has 0 aromatic heterocycles. The van der Waals surface area contributed by atoms with Gasteiger partial charge in [0.05, 0.1) is 9.68 Å². The van der Waals surface area contributed by atoms with Gasteiger partial charge in [0, 0.05) is 29.1 Å². The fraction of sp³-hybridized carbons (Fsp3) is 0.864. The summed E-state index contributed by atoms with van der Waals surface area (Å²) in [6.45, 7) is 2.17. The predicted octanol–water partition coefficient (Wildman–Crippen LogP) is 4.97. The Labute approximate surface area is 177 Å². The first-order chi connectivity index (χ1) is 13.0. The van der Waals surface area contributed by atoms with E-state index in [1.54, 1.807) is 5.57 Å². The van der Waals surface area contributed by atoms with Crippen molar-refractivity contribution >= 4 is 41.9 Å². The molecule has 5 aliphatic rings. The van der Waals surface area contributed by atoms with E-state index in [1.807, 2.05) is 0 Å². The predicted molar refractivity (Wildman–Crippen MR) is 119 cm³/mol. The second-order valence-corrected chi connectivity index (χ2v) is 13.0. The Morgan fingerprint density at radius 3 is 2.70 bits per heavy atom. The van der Waals surface area contributed by atoms with Crippen molar-refractivity contribution in [2.75, 3.05) is 17.3 Å². The lowest BCUT2D eigenvalue weighted by Gasteiger charge is -2.60. The van der Waals surface area contributed by atoms with Gasteiger partial charge in [0.15, 0.2) is 0 Å². The zero-order chi connectivity index (χ0) is 18.9. The van der Waals surface area contributed by atoms with Gasteiger partial charge >= 0.3 is 0 Å². The number of ketones is 1. The molecular formula is C22H32O2S3. The molecule has 5 rings (SSSR count). The molecule has 1 spiro atoms. The Morgan fingerprint density at radius 2 is 2.00 bits per heavy atom. The highest BCUT2D eigenvalue weighted by atomic mass is 32.2. The average molecular weight is 425 g/mol. The van der Waals surface area contributed by atoms with E-state index in [-0.39, 0.29) is 5.41 Å². The highest BCUT2D eigenvalue weighted by molar-refractivity contribution is 8.21. The summed E-state index contributed by atoms with van der Waals surface area (Å²) >= 11 is 8.93. The number of hydrogen-bond acceptors (Lipinski definition) is 5. The largest absolute Gasteiger partial charge is 0.389 e. The Morgan fingerprint density at radius 1 is 1.22 bits per heavy atom. The third-order valence-electron chi connectivity index (χ3n) is 8.73. The first-order valence-corrected chi connectivity index (χ1v) is 13.4. The number of fused-ring (bicyclic) bond motifs is 5. The molecule has 0 amide bonds. The first kappa shape index (κ1) is 19.4. The van der Waals surface area contributed by atoms with Gasteiger partial charge in [0.2, 0.25) is 0 Å². The summed E-state index contributed by atoms with van der Waals surface area (Å²) in [7, 11) is 0. The third-order valence-corrected chi connectivity index (χ3v) is 12.7. The number of thiol groups is 1. The molecule has 5 unspecified atom stereocenters. The van der Waals surface area contributed by atoms with Crippen molar-refractivity contribution in [1.82, 2.24) is 0 Å². The molecule has 0 bridgehead atoms. The molecule has 4 aliphatic carbocycles. The van der Waals surface area contributed by atoms with Gasteiger partial charge in [-0.05, 0) is 68.6 Å². The fourth-order valence-electron chi connectivity index (χ4n) is 7.69. The van der Waals surface area contributed by atoms with E-state index in [4.69, 9.17) is 0 Å². The quantitative estimate of drug-likeness (QED) is 0.485. The van der Waals surface area contributed by atoms with Gasteiger partial charge in [-0.2, -0.15) is 12.6 Å². The highest BCUT2D eigenvalue weighted by Gasteiger charge is 2.65. The van der Waals surface area contributed by atoms with Crippen LogP contribution in [-0.4, -0.2) is 37.8 Å². The molecule has 1 heterocycles. The van der Waals surface area contributed by atoms with Crippen LogP contribution in [-0.2, 0) is 4.79 Å². The molecule has 3 saturated carbocycles. The summed E-state index contributed by atoms with van der Waals surface area (Å²) in [4.78, 5) is 12.9. The van der Waals surface area contributed by atoms with Gasteiger partial charge in [0.1, 0.15) is 5.78 Å². The summed E-state index contributed by atoms with van der Waals surface area (Å²) in [6.07, 6.45) is 10.7. The van der Waals surface area contributed by atoms with Crippen LogP contribution in [0.1, 0.15) is 58.3 Å². The summed E-state index contributed by atoms with van der Waals surface area (Å²) in [5.41, 5.74) is 0.565. The van der Waals surface area contributed by atoms with Crippen molar-refractivity contribution in [3.63, 3.8) is 0 Å². The van der Waals surface area contributed by atoms with Crippen molar-refractivity contribution in [1.29, 1.82) is 0 Å². The first-order valence-electron chi connectivity index (χ1n) is 10.8. The molecular weight excluding hydrogens is 392 g/mol. The summed E-state index contributed by atoms with van der Waals surface area (Å²) in [6, 6.07) is 0. The van der Waals surface area contributed by atoms with E-state index in [0.717, 1.165) is 25.7 Å². The smallest absolute Gasteiger partial charge is 0.139 e.